The fourth-order valence-corrected chi connectivity index (χ4v) is 4.46. The SMILES string of the molecule is CCC1OCCC1CNCC1CC2CCC1C2. The van der Waals surface area contributed by atoms with Gasteiger partial charge in [0.1, 0.15) is 0 Å². The van der Waals surface area contributed by atoms with Crippen molar-refractivity contribution in [2.45, 2.75) is 51.6 Å². The first-order valence-corrected chi connectivity index (χ1v) is 7.69. The summed E-state index contributed by atoms with van der Waals surface area (Å²) in [5.74, 6) is 3.93. The summed E-state index contributed by atoms with van der Waals surface area (Å²) in [6.07, 6.45) is 9.06. The molecular formula is C15H27NO. The Morgan fingerprint density at radius 1 is 1.06 bits per heavy atom. The lowest BCUT2D eigenvalue weighted by atomic mass is 9.88. The van der Waals surface area contributed by atoms with Crippen molar-refractivity contribution in [3.63, 3.8) is 0 Å². The zero-order valence-electron chi connectivity index (χ0n) is 11.2. The van der Waals surface area contributed by atoms with Gasteiger partial charge in [0, 0.05) is 13.2 Å². The van der Waals surface area contributed by atoms with Crippen molar-refractivity contribution < 1.29 is 4.74 Å². The normalized spacial score (nSPS) is 44.6. The molecule has 2 bridgehead atoms. The standard InChI is InChI=1S/C15H27NO/c1-2-15-13(5-6-17-15)9-16-10-14-8-11-3-4-12(14)7-11/h11-16H,2-10H2,1H3. The van der Waals surface area contributed by atoms with E-state index in [1.165, 1.54) is 51.6 Å². The molecule has 0 radical (unpaired) electrons. The van der Waals surface area contributed by atoms with E-state index in [1.807, 2.05) is 0 Å². The molecule has 1 heterocycles. The van der Waals surface area contributed by atoms with Crippen molar-refractivity contribution in [1.29, 1.82) is 0 Å². The zero-order chi connectivity index (χ0) is 11.7. The Hall–Kier alpha value is -0.0800. The number of hydrogen-bond acceptors (Lipinski definition) is 2. The Labute approximate surface area is 105 Å². The van der Waals surface area contributed by atoms with Gasteiger partial charge in [-0.3, -0.25) is 0 Å². The van der Waals surface area contributed by atoms with Crippen LogP contribution in [-0.2, 0) is 4.74 Å². The van der Waals surface area contributed by atoms with Crippen LogP contribution in [0.15, 0.2) is 0 Å². The maximum absolute atomic E-state index is 5.75. The average molecular weight is 237 g/mol. The first-order chi connectivity index (χ1) is 8.36. The third-order valence-corrected chi connectivity index (χ3v) is 5.45. The summed E-state index contributed by atoms with van der Waals surface area (Å²) in [5, 5.41) is 3.74. The molecule has 1 aliphatic heterocycles. The van der Waals surface area contributed by atoms with Crippen molar-refractivity contribution >= 4 is 0 Å². The number of hydrogen-bond donors (Lipinski definition) is 1. The van der Waals surface area contributed by atoms with Crippen LogP contribution in [0, 0.1) is 23.7 Å². The van der Waals surface area contributed by atoms with Crippen molar-refractivity contribution in [2.75, 3.05) is 19.7 Å². The van der Waals surface area contributed by atoms with Gasteiger partial charge < -0.3 is 10.1 Å². The highest BCUT2D eigenvalue weighted by atomic mass is 16.5. The molecule has 17 heavy (non-hydrogen) atoms. The predicted octanol–water partition coefficient (Wildman–Crippen LogP) is 2.83. The van der Waals surface area contributed by atoms with E-state index in [4.69, 9.17) is 4.74 Å². The smallest absolute Gasteiger partial charge is 0.0613 e. The average Bonchev–Trinajstić information content (AvgIpc) is 3.04. The molecule has 5 unspecified atom stereocenters. The van der Waals surface area contributed by atoms with E-state index in [0.29, 0.717) is 6.10 Å². The minimum Gasteiger partial charge on any atom is -0.378 e. The summed E-state index contributed by atoms with van der Waals surface area (Å²) in [6.45, 7) is 5.69. The van der Waals surface area contributed by atoms with Crippen molar-refractivity contribution in [3.8, 4) is 0 Å². The minimum absolute atomic E-state index is 0.530. The van der Waals surface area contributed by atoms with Crippen LogP contribution in [0.4, 0.5) is 0 Å². The molecule has 2 heteroatoms. The van der Waals surface area contributed by atoms with Crippen LogP contribution in [0.25, 0.3) is 0 Å². The fourth-order valence-electron chi connectivity index (χ4n) is 4.46. The fraction of sp³-hybridized carbons (Fsp3) is 1.00. The molecular weight excluding hydrogens is 210 g/mol. The first kappa shape index (κ1) is 12.0. The third kappa shape index (κ3) is 2.53. The molecule has 2 saturated carbocycles. The molecule has 2 aliphatic carbocycles. The number of nitrogens with one attached hydrogen (secondary N) is 1. The van der Waals surface area contributed by atoms with Gasteiger partial charge in [0.15, 0.2) is 0 Å². The van der Waals surface area contributed by atoms with Gasteiger partial charge in [0.2, 0.25) is 0 Å². The van der Waals surface area contributed by atoms with Crippen LogP contribution in [0.1, 0.15) is 45.4 Å². The van der Waals surface area contributed by atoms with Gasteiger partial charge in [-0.15, -0.1) is 0 Å². The molecule has 1 saturated heterocycles. The van der Waals surface area contributed by atoms with Crippen molar-refractivity contribution in [2.24, 2.45) is 23.7 Å². The largest absolute Gasteiger partial charge is 0.378 e. The molecule has 3 aliphatic rings. The van der Waals surface area contributed by atoms with E-state index in [1.54, 1.807) is 0 Å². The topological polar surface area (TPSA) is 21.3 Å². The van der Waals surface area contributed by atoms with E-state index in [0.717, 1.165) is 30.3 Å². The molecule has 0 aromatic carbocycles. The Morgan fingerprint density at radius 3 is 2.65 bits per heavy atom. The van der Waals surface area contributed by atoms with Crippen molar-refractivity contribution in [1.82, 2.24) is 5.32 Å². The maximum atomic E-state index is 5.75. The van der Waals surface area contributed by atoms with Crippen LogP contribution in [0.5, 0.6) is 0 Å². The highest BCUT2D eigenvalue weighted by Gasteiger charge is 2.39. The summed E-state index contributed by atoms with van der Waals surface area (Å²) >= 11 is 0. The van der Waals surface area contributed by atoms with Gasteiger partial charge in [-0.1, -0.05) is 13.3 Å². The third-order valence-electron chi connectivity index (χ3n) is 5.45. The Kier molecular flexibility index (Phi) is 3.72. The quantitative estimate of drug-likeness (QED) is 0.794. The van der Waals surface area contributed by atoms with Crippen LogP contribution in [0.2, 0.25) is 0 Å². The molecule has 3 fully saturated rings. The van der Waals surface area contributed by atoms with Gasteiger partial charge in [-0.25, -0.2) is 0 Å². The summed E-state index contributed by atoms with van der Waals surface area (Å²) in [7, 11) is 0. The summed E-state index contributed by atoms with van der Waals surface area (Å²) in [4.78, 5) is 0. The molecule has 0 aromatic heterocycles. The van der Waals surface area contributed by atoms with Gasteiger partial charge >= 0.3 is 0 Å². The van der Waals surface area contributed by atoms with Crippen molar-refractivity contribution in [3.05, 3.63) is 0 Å². The Balaban J connectivity index is 1.37. The van der Waals surface area contributed by atoms with E-state index in [9.17, 15) is 0 Å². The number of rotatable bonds is 5. The lowest BCUT2D eigenvalue weighted by molar-refractivity contribution is 0.0868. The van der Waals surface area contributed by atoms with Crippen LogP contribution in [-0.4, -0.2) is 25.8 Å². The molecule has 1 N–H and O–H groups in total. The van der Waals surface area contributed by atoms with Gasteiger partial charge in [-0.2, -0.15) is 0 Å². The Bertz CT molecular complexity index is 249. The molecule has 0 aromatic rings. The molecule has 0 amide bonds. The lowest BCUT2D eigenvalue weighted by Crippen LogP contribution is -2.33. The first-order valence-electron chi connectivity index (χ1n) is 7.69. The van der Waals surface area contributed by atoms with Gasteiger partial charge in [0.25, 0.3) is 0 Å². The molecule has 0 spiro atoms. The second-order valence-electron chi connectivity index (χ2n) is 6.46. The monoisotopic (exact) mass is 237 g/mol. The highest BCUT2D eigenvalue weighted by Crippen LogP contribution is 2.47. The van der Waals surface area contributed by atoms with Crippen LogP contribution < -0.4 is 5.32 Å². The highest BCUT2D eigenvalue weighted by molar-refractivity contribution is 4.91. The van der Waals surface area contributed by atoms with Crippen LogP contribution in [0.3, 0.4) is 0 Å². The molecule has 2 nitrogen and oxygen atoms in total. The van der Waals surface area contributed by atoms with E-state index >= 15 is 0 Å². The lowest BCUT2D eigenvalue weighted by Gasteiger charge is -2.24. The minimum atomic E-state index is 0.530. The van der Waals surface area contributed by atoms with E-state index < -0.39 is 0 Å². The van der Waals surface area contributed by atoms with Gasteiger partial charge in [-0.05, 0) is 62.3 Å². The zero-order valence-corrected chi connectivity index (χ0v) is 11.2. The molecule has 98 valence electrons. The maximum Gasteiger partial charge on any atom is 0.0613 e. The number of fused-ring (bicyclic) bond motifs is 2. The molecule has 3 rings (SSSR count). The summed E-state index contributed by atoms with van der Waals surface area (Å²) in [6, 6.07) is 0. The molecule has 5 atom stereocenters. The van der Waals surface area contributed by atoms with Gasteiger partial charge in [0.05, 0.1) is 6.10 Å². The second kappa shape index (κ2) is 5.27. The Morgan fingerprint density at radius 2 is 1.94 bits per heavy atom. The van der Waals surface area contributed by atoms with E-state index in [2.05, 4.69) is 12.2 Å². The second-order valence-corrected chi connectivity index (χ2v) is 6.46. The summed E-state index contributed by atoms with van der Waals surface area (Å²) in [5.41, 5.74) is 0. The number of ether oxygens (including phenoxy) is 1. The van der Waals surface area contributed by atoms with Crippen LogP contribution >= 0.6 is 0 Å². The predicted molar refractivity (Wildman–Crippen MR) is 69.9 cm³/mol. The summed E-state index contributed by atoms with van der Waals surface area (Å²) < 4.78 is 5.75. The van der Waals surface area contributed by atoms with E-state index in [-0.39, 0.29) is 0 Å².